The fourth-order valence-corrected chi connectivity index (χ4v) is 3.06. The van der Waals surface area contributed by atoms with Crippen molar-refractivity contribution in [3.8, 4) is 12.1 Å². The van der Waals surface area contributed by atoms with Gasteiger partial charge in [0.25, 0.3) is 0 Å². The number of nitriles is 1. The van der Waals surface area contributed by atoms with Gasteiger partial charge in [-0.1, -0.05) is 11.8 Å². The maximum atomic E-state index is 9.33. The van der Waals surface area contributed by atoms with Gasteiger partial charge in [0.2, 0.25) is 0 Å². The first-order valence-corrected chi connectivity index (χ1v) is 8.98. The van der Waals surface area contributed by atoms with Crippen molar-refractivity contribution in [2.45, 2.75) is 18.0 Å². The summed E-state index contributed by atoms with van der Waals surface area (Å²) in [4.78, 5) is 19.0. The first kappa shape index (κ1) is 16.5. The van der Waals surface area contributed by atoms with Crippen LogP contribution < -0.4 is 9.64 Å². The van der Waals surface area contributed by atoms with Gasteiger partial charge in [-0.15, -0.1) is 0 Å². The maximum Gasteiger partial charge on any atom is 0.316 e. The first-order valence-electron chi connectivity index (χ1n) is 7.76. The summed E-state index contributed by atoms with van der Waals surface area (Å²) in [6.07, 6.45) is 8.97. The molecule has 0 N–H and O–H groups in total. The Bertz CT molecular complexity index is 720. The highest BCUT2D eigenvalue weighted by molar-refractivity contribution is 7.98. The number of anilines is 1. The summed E-state index contributed by atoms with van der Waals surface area (Å²) < 4.78 is 5.68. The molecule has 1 aliphatic rings. The molecule has 2 aromatic rings. The summed E-state index contributed by atoms with van der Waals surface area (Å²) >= 11 is 1.47. The number of hydrogen-bond acceptors (Lipinski definition) is 8. The predicted molar refractivity (Wildman–Crippen MR) is 91.0 cm³/mol. The molecule has 0 amide bonds. The third-order valence-electron chi connectivity index (χ3n) is 3.86. The molecule has 1 saturated heterocycles. The van der Waals surface area contributed by atoms with Crippen molar-refractivity contribution in [1.29, 1.82) is 5.26 Å². The molecule has 0 radical (unpaired) electrons. The highest BCUT2D eigenvalue weighted by atomic mass is 32.2. The van der Waals surface area contributed by atoms with Crippen LogP contribution in [0.4, 0.5) is 5.82 Å². The van der Waals surface area contributed by atoms with Crippen LogP contribution in [0.2, 0.25) is 0 Å². The zero-order chi connectivity index (χ0) is 16.8. The minimum atomic E-state index is 0.349. The monoisotopic (exact) mass is 342 g/mol. The summed E-state index contributed by atoms with van der Waals surface area (Å²) in [5.41, 5.74) is 0.515. The molecule has 1 fully saturated rings. The Labute approximate surface area is 145 Å². The van der Waals surface area contributed by atoms with Gasteiger partial charge in [0.15, 0.2) is 11.0 Å². The minimum Gasteiger partial charge on any atom is -0.463 e. The lowest BCUT2D eigenvalue weighted by molar-refractivity contribution is 0.213. The Morgan fingerprint density at radius 3 is 2.96 bits per heavy atom. The molecule has 0 aliphatic carbocycles. The van der Waals surface area contributed by atoms with E-state index in [2.05, 4.69) is 30.9 Å². The fourth-order valence-electron chi connectivity index (χ4n) is 2.72. The summed E-state index contributed by atoms with van der Waals surface area (Å²) in [6.45, 7) is 2.24. The van der Waals surface area contributed by atoms with Crippen LogP contribution in [0.15, 0.2) is 29.8 Å². The van der Waals surface area contributed by atoms with Crippen LogP contribution in [-0.4, -0.2) is 45.9 Å². The lowest BCUT2D eigenvalue weighted by atomic mass is 9.99. The molecule has 0 aromatic carbocycles. The Hall–Kier alpha value is -2.40. The molecule has 24 heavy (non-hydrogen) atoms. The molecular weight excluding hydrogens is 324 g/mol. The van der Waals surface area contributed by atoms with Gasteiger partial charge in [0.05, 0.1) is 12.8 Å². The van der Waals surface area contributed by atoms with Crippen molar-refractivity contribution in [3.63, 3.8) is 0 Å². The smallest absolute Gasteiger partial charge is 0.316 e. The standard InChI is InChI=1S/C16H18N6OS/c1-24-16-20-9-13(8-17)14(21-16)22-7-2-4-12(10-22)11-23-15-18-5-3-6-19-15/h3,5-6,9,12H,2,4,7,10-11H2,1H3. The van der Waals surface area contributed by atoms with Crippen molar-refractivity contribution in [3.05, 3.63) is 30.2 Å². The number of rotatable bonds is 5. The SMILES string of the molecule is CSc1ncc(C#N)c(N2CCCC(COc3ncccn3)C2)n1. The van der Waals surface area contributed by atoms with E-state index in [-0.39, 0.29) is 0 Å². The van der Waals surface area contributed by atoms with Crippen LogP contribution >= 0.6 is 11.8 Å². The number of piperidine rings is 1. The molecule has 0 bridgehead atoms. The summed E-state index contributed by atoms with van der Waals surface area (Å²) in [5.74, 6) is 1.07. The summed E-state index contributed by atoms with van der Waals surface area (Å²) in [5, 5.41) is 10.0. The normalized spacial score (nSPS) is 17.3. The minimum absolute atomic E-state index is 0.349. The molecule has 8 heteroatoms. The van der Waals surface area contributed by atoms with E-state index in [1.54, 1.807) is 24.7 Å². The molecular formula is C16H18N6OS. The van der Waals surface area contributed by atoms with Crippen LogP contribution in [0.5, 0.6) is 6.01 Å². The lowest BCUT2D eigenvalue weighted by Gasteiger charge is -2.33. The topological polar surface area (TPSA) is 87.8 Å². The van der Waals surface area contributed by atoms with Gasteiger partial charge in [0, 0.05) is 31.4 Å². The molecule has 3 rings (SSSR count). The fraction of sp³-hybridized carbons (Fsp3) is 0.438. The molecule has 1 unspecified atom stereocenters. The van der Waals surface area contributed by atoms with E-state index in [9.17, 15) is 5.26 Å². The van der Waals surface area contributed by atoms with Gasteiger partial charge in [-0.05, 0) is 25.2 Å². The molecule has 2 aromatic heterocycles. The highest BCUT2D eigenvalue weighted by Crippen LogP contribution is 2.26. The third-order valence-corrected chi connectivity index (χ3v) is 4.42. The maximum absolute atomic E-state index is 9.33. The Morgan fingerprint density at radius 1 is 1.38 bits per heavy atom. The van der Waals surface area contributed by atoms with Crippen molar-refractivity contribution >= 4 is 17.6 Å². The number of thioether (sulfide) groups is 1. The van der Waals surface area contributed by atoms with Gasteiger partial charge in [-0.2, -0.15) is 5.26 Å². The van der Waals surface area contributed by atoms with E-state index in [1.807, 2.05) is 6.26 Å². The Kier molecular flexibility index (Phi) is 5.43. The second-order valence-corrected chi connectivity index (χ2v) is 6.28. The van der Waals surface area contributed by atoms with E-state index < -0.39 is 0 Å². The van der Waals surface area contributed by atoms with E-state index in [0.29, 0.717) is 29.3 Å². The molecule has 7 nitrogen and oxygen atoms in total. The largest absolute Gasteiger partial charge is 0.463 e. The van der Waals surface area contributed by atoms with Crippen molar-refractivity contribution < 1.29 is 4.74 Å². The quantitative estimate of drug-likeness (QED) is 0.603. The van der Waals surface area contributed by atoms with Gasteiger partial charge in [-0.25, -0.2) is 19.9 Å². The molecule has 124 valence electrons. The van der Waals surface area contributed by atoms with Crippen LogP contribution in [0.3, 0.4) is 0 Å². The van der Waals surface area contributed by atoms with Crippen LogP contribution in [-0.2, 0) is 0 Å². The molecule has 1 aliphatic heterocycles. The summed E-state index contributed by atoms with van der Waals surface area (Å²) in [7, 11) is 0. The van der Waals surface area contributed by atoms with Gasteiger partial charge in [-0.3, -0.25) is 0 Å². The Balaban J connectivity index is 1.68. The highest BCUT2D eigenvalue weighted by Gasteiger charge is 2.24. The van der Waals surface area contributed by atoms with Gasteiger partial charge < -0.3 is 9.64 Å². The van der Waals surface area contributed by atoms with Crippen LogP contribution in [0, 0.1) is 17.2 Å². The molecule has 0 spiro atoms. The second-order valence-electron chi connectivity index (χ2n) is 5.50. The zero-order valence-electron chi connectivity index (χ0n) is 13.4. The van der Waals surface area contributed by atoms with Crippen molar-refractivity contribution in [2.75, 3.05) is 30.9 Å². The average molecular weight is 342 g/mol. The third kappa shape index (κ3) is 3.92. The van der Waals surface area contributed by atoms with E-state index in [4.69, 9.17) is 4.74 Å². The first-order chi connectivity index (χ1) is 11.8. The number of hydrogen-bond donors (Lipinski definition) is 0. The van der Waals surface area contributed by atoms with Gasteiger partial charge in [0.1, 0.15) is 11.6 Å². The van der Waals surface area contributed by atoms with Crippen LogP contribution in [0.1, 0.15) is 18.4 Å². The van der Waals surface area contributed by atoms with Crippen LogP contribution in [0.25, 0.3) is 0 Å². The number of ether oxygens (including phenoxy) is 1. The van der Waals surface area contributed by atoms with Crippen molar-refractivity contribution in [2.24, 2.45) is 5.92 Å². The number of nitrogens with zero attached hydrogens (tertiary/aromatic N) is 6. The average Bonchev–Trinajstić information content (AvgIpc) is 2.67. The lowest BCUT2D eigenvalue weighted by Crippen LogP contribution is -2.38. The molecule has 1 atom stereocenters. The molecule has 0 saturated carbocycles. The second kappa shape index (κ2) is 7.93. The predicted octanol–water partition coefficient (Wildman–Crippen LogP) is 2.16. The van der Waals surface area contributed by atoms with Crippen molar-refractivity contribution in [1.82, 2.24) is 19.9 Å². The summed E-state index contributed by atoms with van der Waals surface area (Å²) in [6, 6.07) is 4.35. The van der Waals surface area contributed by atoms with E-state index in [0.717, 1.165) is 31.7 Å². The molecule has 3 heterocycles. The van der Waals surface area contributed by atoms with E-state index in [1.165, 1.54) is 11.8 Å². The Morgan fingerprint density at radius 2 is 2.21 bits per heavy atom. The van der Waals surface area contributed by atoms with E-state index >= 15 is 0 Å². The number of aromatic nitrogens is 4. The zero-order valence-corrected chi connectivity index (χ0v) is 14.2. The van der Waals surface area contributed by atoms with Gasteiger partial charge >= 0.3 is 6.01 Å².